The Labute approximate surface area is 115 Å². The predicted octanol–water partition coefficient (Wildman–Crippen LogP) is 3.06. The van der Waals surface area contributed by atoms with Crippen LogP contribution in [-0.2, 0) is 0 Å². The molecule has 0 aromatic heterocycles. The first kappa shape index (κ1) is 13.5. The lowest BCUT2D eigenvalue weighted by atomic mass is 10.2. The lowest BCUT2D eigenvalue weighted by Crippen LogP contribution is -1.90. The number of aliphatic imine (C=N–C) groups is 1. The molecule has 0 radical (unpaired) electrons. The fraction of sp³-hybridized carbons (Fsp3) is 0.0714. The van der Waals surface area contributed by atoms with Crippen molar-refractivity contribution in [2.24, 2.45) is 4.99 Å². The van der Waals surface area contributed by atoms with Gasteiger partial charge in [0.05, 0.1) is 17.7 Å². The number of phenolic OH excluding ortho intramolecular Hbond substituents is 1. The molecule has 2 aromatic rings. The number of nitrogens with zero attached hydrogens (tertiary/aromatic N) is 2. The van der Waals surface area contributed by atoms with E-state index in [2.05, 4.69) is 4.99 Å². The summed E-state index contributed by atoms with van der Waals surface area (Å²) in [5, 5.41) is 20.1. The Morgan fingerprint density at radius 3 is 2.80 bits per heavy atom. The molecule has 0 aliphatic carbocycles. The van der Waals surface area contributed by atoms with Crippen molar-refractivity contribution < 1.29 is 14.8 Å². The van der Waals surface area contributed by atoms with Crippen LogP contribution in [0.1, 0.15) is 5.56 Å². The largest absolute Gasteiger partial charge is 0.502 e. The predicted molar refractivity (Wildman–Crippen MR) is 75.0 cm³/mol. The molecule has 102 valence electrons. The van der Waals surface area contributed by atoms with Crippen LogP contribution in [0.25, 0.3) is 0 Å². The molecule has 2 aromatic carbocycles. The summed E-state index contributed by atoms with van der Waals surface area (Å²) in [4.78, 5) is 14.3. The molecular formula is C14H12N2O4. The van der Waals surface area contributed by atoms with Crippen molar-refractivity contribution in [2.45, 2.75) is 0 Å². The highest BCUT2D eigenvalue weighted by atomic mass is 16.6. The fourth-order valence-electron chi connectivity index (χ4n) is 1.61. The number of hydrogen-bond acceptors (Lipinski definition) is 5. The highest BCUT2D eigenvalue weighted by molar-refractivity contribution is 5.83. The maximum absolute atomic E-state index is 10.7. The first-order chi connectivity index (χ1) is 9.60. The van der Waals surface area contributed by atoms with Gasteiger partial charge >= 0.3 is 5.69 Å². The van der Waals surface area contributed by atoms with Crippen molar-refractivity contribution in [2.75, 3.05) is 7.11 Å². The monoisotopic (exact) mass is 272 g/mol. The van der Waals surface area contributed by atoms with E-state index in [1.54, 1.807) is 37.4 Å². The van der Waals surface area contributed by atoms with Crippen molar-refractivity contribution in [3.8, 4) is 11.5 Å². The van der Waals surface area contributed by atoms with Gasteiger partial charge in [-0.25, -0.2) is 0 Å². The second kappa shape index (κ2) is 5.83. The van der Waals surface area contributed by atoms with Gasteiger partial charge in [-0.15, -0.1) is 0 Å². The van der Waals surface area contributed by atoms with Crippen LogP contribution < -0.4 is 4.74 Å². The lowest BCUT2D eigenvalue weighted by molar-refractivity contribution is -0.385. The molecule has 0 fully saturated rings. The van der Waals surface area contributed by atoms with Crippen LogP contribution in [0.15, 0.2) is 47.5 Å². The van der Waals surface area contributed by atoms with Crippen LogP contribution >= 0.6 is 0 Å². The first-order valence-corrected chi connectivity index (χ1v) is 5.75. The second-order valence-corrected chi connectivity index (χ2v) is 3.96. The molecule has 0 atom stereocenters. The number of nitro groups is 1. The van der Waals surface area contributed by atoms with E-state index in [4.69, 9.17) is 4.74 Å². The lowest BCUT2D eigenvalue weighted by Gasteiger charge is -2.00. The van der Waals surface area contributed by atoms with Crippen LogP contribution in [0.2, 0.25) is 0 Å². The average Bonchev–Trinajstić information content (AvgIpc) is 2.46. The summed E-state index contributed by atoms with van der Waals surface area (Å²) in [5.41, 5.74) is 0.844. The van der Waals surface area contributed by atoms with Gasteiger partial charge < -0.3 is 9.84 Å². The highest BCUT2D eigenvalue weighted by Gasteiger charge is 2.12. The maximum atomic E-state index is 10.7. The zero-order valence-corrected chi connectivity index (χ0v) is 10.7. The van der Waals surface area contributed by atoms with Gasteiger partial charge in [0.2, 0.25) is 0 Å². The molecule has 6 heteroatoms. The summed E-state index contributed by atoms with van der Waals surface area (Å²) in [5.74, 6) is 0.310. The zero-order chi connectivity index (χ0) is 14.5. The first-order valence-electron chi connectivity index (χ1n) is 5.75. The van der Waals surface area contributed by atoms with E-state index in [1.165, 1.54) is 18.3 Å². The average molecular weight is 272 g/mol. The number of methoxy groups -OCH3 is 1. The number of rotatable bonds is 4. The molecule has 0 unspecified atom stereocenters. The number of nitro benzene ring substituents is 1. The van der Waals surface area contributed by atoms with Gasteiger partial charge in [-0.2, -0.15) is 0 Å². The van der Waals surface area contributed by atoms with E-state index in [9.17, 15) is 15.2 Å². The third-order valence-electron chi connectivity index (χ3n) is 2.61. The second-order valence-electron chi connectivity index (χ2n) is 3.96. The Balaban J connectivity index is 2.27. The Kier molecular flexibility index (Phi) is 3.95. The highest BCUT2D eigenvalue weighted by Crippen LogP contribution is 2.26. The third-order valence-corrected chi connectivity index (χ3v) is 2.61. The number of aromatic hydroxyl groups is 1. The van der Waals surface area contributed by atoms with E-state index in [1.807, 2.05) is 0 Å². The Hall–Kier alpha value is -2.89. The maximum Gasteiger partial charge on any atom is 0.311 e. The summed E-state index contributed by atoms with van der Waals surface area (Å²) in [6.07, 6.45) is 1.49. The van der Waals surface area contributed by atoms with E-state index in [0.717, 1.165) is 0 Å². The Morgan fingerprint density at radius 2 is 2.10 bits per heavy atom. The summed E-state index contributed by atoms with van der Waals surface area (Å²) >= 11 is 0. The van der Waals surface area contributed by atoms with Crippen molar-refractivity contribution in [1.82, 2.24) is 0 Å². The molecule has 0 bridgehead atoms. The SMILES string of the molecule is COc1cccc(N=Cc2ccc(O)c([N+](=O)[O-])c2)c1. The van der Waals surface area contributed by atoms with E-state index >= 15 is 0 Å². The van der Waals surface area contributed by atoms with Gasteiger partial charge in [-0.1, -0.05) is 6.07 Å². The van der Waals surface area contributed by atoms with Gasteiger partial charge in [-0.3, -0.25) is 15.1 Å². The van der Waals surface area contributed by atoms with Gasteiger partial charge in [0.1, 0.15) is 5.75 Å². The normalized spacial score (nSPS) is 10.7. The van der Waals surface area contributed by atoms with Crippen molar-refractivity contribution in [3.05, 3.63) is 58.1 Å². The van der Waals surface area contributed by atoms with Gasteiger partial charge in [0.15, 0.2) is 5.75 Å². The quantitative estimate of drug-likeness (QED) is 0.526. The van der Waals surface area contributed by atoms with Crippen molar-refractivity contribution in [1.29, 1.82) is 0 Å². The number of benzene rings is 2. The van der Waals surface area contributed by atoms with Crippen LogP contribution in [0.3, 0.4) is 0 Å². The minimum atomic E-state index is -0.641. The van der Waals surface area contributed by atoms with Crippen molar-refractivity contribution in [3.63, 3.8) is 0 Å². The molecule has 0 spiro atoms. The standard InChI is InChI=1S/C14H12N2O4/c1-20-12-4-2-3-11(8-12)15-9-10-5-6-14(17)13(7-10)16(18)19/h2-9,17H,1H3. The molecular weight excluding hydrogens is 260 g/mol. The van der Waals surface area contributed by atoms with E-state index in [0.29, 0.717) is 17.0 Å². The number of phenols is 1. The summed E-state index contributed by atoms with van der Waals surface area (Å²) < 4.78 is 5.08. The summed E-state index contributed by atoms with van der Waals surface area (Å²) in [6.45, 7) is 0. The minimum Gasteiger partial charge on any atom is -0.502 e. The van der Waals surface area contributed by atoms with Crippen molar-refractivity contribution >= 4 is 17.6 Å². The topological polar surface area (TPSA) is 85.0 Å². The summed E-state index contributed by atoms with van der Waals surface area (Å²) in [6, 6.07) is 11.2. The molecule has 0 amide bonds. The van der Waals surface area contributed by atoms with E-state index in [-0.39, 0.29) is 11.4 Å². The van der Waals surface area contributed by atoms with Gasteiger partial charge in [0, 0.05) is 18.3 Å². The molecule has 20 heavy (non-hydrogen) atoms. The third kappa shape index (κ3) is 3.11. The Bertz CT molecular complexity index is 668. The van der Waals surface area contributed by atoms with E-state index < -0.39 is 4.92 Å². The molecule has 2 rings (SSSR count). The minimum absolute atomic E-state index is 0.348. The molecule has 1 N–H and O–H groups in total. The van der Waals surface area contributed by atoms with Gasteiger partial charge in [-0.05, 0) is 29.8 Å². The molecule has 6 nitrogen and oxygen atoms in total. The number of ether oxygens (including phenoxy) is 1. The van der Waals surface area contributed by atoms with Crippen LogP contribution in [0, 0.1) is 10.1 Å². The van der Waals surface area contributed by atoms with Gasteiger partial charge in [0.25, 0.3) is 0 Å². The smallest absolute Gasteiger partial charge is 0.311 e. The summed E-state index contributed by atoms with van der Waals surface area (Å²) in [7, 11) is 1.56. The van der Waals surface area contributed by atoms with Crippen LogP contribution in [0.4, 0.5) is 11.4 Å². The molecule has 0 aliphatic rings. The molecule has 0 aliphatic heterocycles. The van der Waals surface area contributed by atoms with Crippen LogP contribution in [-0.4, -0.2) is 23.4 Å². The zero-order valence-electron chi connectivity index (χ0n) is 10.7. The Morgan fingerprint density at radius 1 is 1.30 bits per heavy atom. The van der Waals surface area contributed by atoms with Crippen LogP contribution in [0.5, 0.6) is 11.5 Å². The fourth-order valence-corrected chi connectivity index (χ4v) is 1.61. The molecule has 0 heterocycles. The molecule has 0 saturated heterocycles. The number of hydrogen-bond donors (Lipinski definition) is 1. The molecule has 0 saturated carbocycles.